The molecule has 2 nitrogen and oxygen atoms in total. The van der Waals surface area contributed by atoms with Crippen molar-refractivity contribution in [3.8, 4) is 11.5 Å². The van der Waals surface area contributed by atoms with Gasteiger partial charge in [0.05, 0.1) is 7.11 Å². The molecule has 0 spiro atoms. The summed E-state index contributed by atoms with van der Waals surface area (Å²) in [4.78, 5) is 0. The van der Waals surface area contributed by atoms with Gasteiger partial charge in [0.25, 0.3) is 0 Å². The lowest BCUT2D eigenvalue weighted by atomic mass is 10.0. The van der Waals surface area contributed by atoms with Crippen LogP contribution in [-0.4, -0.2) is 12.7 Å². The van der Waals surface area contributed by atoms with E-state index in [0.29, 0.717) is 0 Å². The molecule has 0 aliphatic carbocycles. The number of hydrogen-bond donors (Lipinski definition) is 0. The minimum atomic E-state index is -0.280. The second-order valence-electron chi connectivity index (χ2n) is 4.06. The van der Waals surface area contributed by atoms with E-state index in [1.54, 1.807) is 7.11 Å². The summed E-state index contributed by atoms with van der Waals surface area (Å²) in [5.74, 6) is 1.67. The van der Waals surface area contributed by atoms with E-state index in [1.165, 1.54) is 0 Å². The van der Waals surface area contributed by atoms with E-state index in [2.05, 4.69) is 22.0 Å². The Labute approximate surface area is 98.0 Å². The van der Waals surface area contributed by atoms with E-state index in [-0.39, 0.29) is 5.60 Å². The van der Waals surface area contributed by atoms with Gasteiger partial charge in [-0.15, -0.1) is 0 Å². The second-order valence-corrected chi connectivity index (χ2v) is 4.91. The predicted molar refractivity (Wildman–Crippen MR) is 64.6 cm³/mol. The van der Waals surface area contributed by atoms with Crippen LogP contribution in [0.25, 0.3) is 4.48 Å². The summed E-state index contributed by atoms with van der Waals surface area (Å²) in [5.41, 5.74) is 0.785. The van der Waals surface area contributed by atoms with Crippen LogP contribution in [0.3, 0.4) is 0 Å². The molecule has 1 aromatic carbocycles. The molecule has 1 aromatic rings. The quantitative estimate of drug-likeness (QED) is 0.775. The first-order valence-electron chi connectivity index (χ1n) is 4.77. The highest BCUT2D eigenvalue weighted by atomic mass is 79.9. The third-order valence-corrected chi connectivity index (χ3v) is 2.95. The average Bonchev–Trinajstić information content (AvgIpc) is 2.14. The summed E-state index contributed by atoms with van der Waals surface area (Å²) in [6.45, 7) is 4.05. The van der Waals surface area contributed by atoms with E-state index in [0.717, 1.165) is 21.5 Å². The number of methoxy groups -OCH3 is 1. The van der Waals surface area contributed by atoms with E-state index >= 15 is 0 Å². The normalized spacial score (nSPS) is 17.5. The van der Waals surface area contributed by atoms with Crippen molar-refractivity contribution in [1.29, 1.82) is 0 Å². The van der Waals surface area contributed by atoms with Crippen LogP contribution in [0.15, 0.2) is 24.3 Å². The fourth-order valence-corrected chi connectivity index (χ4v) is 2.49. The van der Waals surface area contributed by atoms with Crippen molar-refractivity contribution in [3.63, 3.8) is 0 Å². The third-order valence-electron chi connectivity index (χ3n) is 2.29. The van der Waals surface area contributed by atoms with Crippen LogP contribution in [0, 0.1) is 0 Å². The number of rotatable bonds is 1. The van der Waals surface area contributed by atoms with Crippen LogP contribution in [0.2, 0.25) is 0 Å². The number of hydrogen-bond acceptors (Lipinski definition) is 2. The molecule has 0 N–H and O–H groups in total. The summed E-state index contributed by atoms with van der Waals surface area (Å²) in [6.07, 6.45) is 2.06. The standard InChI is InChI=1S/C12H13BrO2/c1-12(2)7-10(13)9-5-4-8(14-3)6-11(9)15-12/h4-7H,1-3H3. The molecule has 80 valence electrons. The molecule has 1 aliphatic heterocycles. The monoisotopic (exact) mass is 268 g/mol. The highest BCUT2D eigenvalue weighted by Crippen LogP contribution is 2.40. The maximum atomic E-state index is 5.85. The molecule has 0 unspecified atom stereocenters. The molecule has 0 radical (unpaired) electrons. The van der Waals surface area contributed by atoms with Gasteiger partial charge < -0.3 is 9.47 Å². The number of fused-ring (bicyclic) bond motifs is 1. The zero-order valence-electron chi connectivity index (χ0n) is 9.00. The SMILES string of the molecule is COc1ccc2c(c1)OC(C)(C)C=C2Br. The van der Waals surface area contributed by atoms with Crippen molar-refractivity contribution in [1.82, 2.24) is 0 Å². The lowest BCUT2D eigenvalue weighted by molar-refractivity contribution is 0.158. The van der Waals surface area contributed by atoms with Gasteiger partial charge in [-0.2, -0.15) is 0 Å². The van der Waals surface area contributed by atoms with E-state index < -0.39 is 0 Å². The number of benzene rings is 1. The molecule has 3 heteroatoms. The van der Waals surface area contributed by atoms with E-state index in [1.807, 2.05) is 32.0 Å². The fourth-order valence-electron chi connectivity index (χ4n) is 1.61. The lowest BCUT2D eigenvalue weighted by Crippen LogP contribution is -2.28. The van der Waals surface area contributed by atoms with Gasteiger partial charge in [-0.25, -0.2) is 0 Å². The first kappa shape index (κ1) is 10.6. The van der Waals surface area contributed by atoms with Gasteiger partial charge in [0.15, 0.2) is 0 Å². The number of ether oxygens (including phenoxy) is 2. The Bertz CT molecular complexity index is 422. The second kappa shape index (κ2) is 3.56. The van der Waals surface area contributed by atoms with Crippen LogP contribution in [0.4, 0.5) is 0 Å². The van der Waals surface area contributed by atoms with Crippen LogP contribution < -0.4 is 9.47 Å². The molecular weight excluding hydrogens is 256 g/mol. The van der Waals surface area contributed by atoms with E-state index in [9.17, 15) is 0 Å². The molecule has 0 aromatic heterocycles. The van der Waals surface area contributed by atoms with Crippen LogP contribution in [0.1, 0.15) is 19.4 Å². The van der Waals surface area contributed by atoms with Gasteiger partial charge in [0, 0.05) is 16.1 Å². The molecule has 0 fully saturated rings. The van der Waals surface area contributed by atoms with Gasteiger partial charge in [0.2, 0.25) is 0 Å². The van der Waals surface area contributed by atoms with Crippen molar-refractivity contribution in [2.24, 2.45) is 0 Å². The molecule has 1 heterocycles. The molecule has 2 rings (SSSR count). The maximum Gasteiger partial charge on any atom is 0.132 e. The Morgan fingerprint density at radius 1 is 1.33 bits per heavy atom. The highest BCUT2D eigenvalue weighted by molar-refractivity contribution is 9.15. The van der Waals surface area contributed by atoms with Gasteiger partial charge in [-0.05, 0) is 32.1 Å². The van der Waals surface area contributed by atoms with Crippen LogP contribution >= 0.6 is 15.9 Å². The maximum absolute atomic E-state index is 5.85. The summed E-state index contributed by atoms with van der Waals surface area (Å²) >= 11 is 3.55. The third kappa shape index (κ3) is 2.02. The zero-order valence-corrected chi connectivity index (χ0v) is 10.6. The zero-order chi connectivity index (χ0) is 11.1. The summed E-state index contributed by atoms with van der Waals surface area (Å²) in [5, 5.41) is 0. The smallest absolute Gasteiger partial charge is 0.132 e. The largest absolute Gasteiger partial charge is 0.497 e. The molecule has 0 saturated heterocycles. The Hall–Kier alpha value is -0.960. The Balaban J connectivity index is 2.51. The lowest BCUT2D eigenvalue weighted by Gasteiger charge is -2.29. The van der Waals surface area contributed by atoms with E-state index in [4.69, 9.17) is 9.47 Å². The topological polar surface area (TPSA) is 18.5 Å². The Kier molecular flexibility index (Phi) is 2.51. The molecule has 1 aliphatic rings. The highest BCUT2D eigenvalue weighted by Gasteiger charge is 2.25. The van der Waals surface area contributed by atoms with Gasteiger partial charge in [0.1, 0.15) is 17.1 Å². The molecular formula is C12H13BrO2. The minimum Gasteiger partial charge on any atom is -0.497 e. The summed E-state index contributed by atoms with van der Waals surface area (Å²) < 4.78 is 12.1. The predicted octanol–water partition coefficient (Wildman–Crippen LogP) is 3.60. The van der Waals surface area contributed by atoms with Gasteiger partial charge in [-0.3, -0.25) is 0 Å². The first-order valence-corrected chi connectivity index (χ1v) is 5.57. The average molecular weight is 269 g/mol. The van der Waals surface area contributed by atoms with Gasteiger partial charge in [-0.1, -0.05) is 15.9 Å². The molecule has 0 bridgehead atoms. The fraction of sp³-hybridized carbons (Fsp3) is 0.333. The van der Waals surface area contributed by atoms with Crippen LogP contribution in [-0.2, 0) is 0 Å². The van der Waals surface area contributed by atoms with Crippen LogP contribution in [0.5, 0.6) is 11.5 Å². The van der Waals surface area contributed by atoms with Crippen molar-refractivity contribution >= 4 is 20.4 Å². The Morgan fingerprint density at radius 3 is 2.73 bits per heavy atom. The summed E-state index contributed by atoms with van der Waals surface area (Å²) in [7, 11) is 1.65. The van der Waals surface area contributed by atoms with Gasteiger partial charge >= 0.3 is 0 Å². The molecule has 0 amide bonds. The summed E-state index contributed by atoms with van der Waals surface area (Å²) in [6, 6.07) is 5.82. The van der Waals surface area contributed by atoms with Crippen molar-refractivity contribution in [2.75, 3.05) is 7.11 Å². The van der Waals surface area contributed by atoms with Crippen molar-refractivity contribution in [2.45, 2.75) is 19.4 Å². The number of halogens is 1. The minimum absolute atomic E-state index is 0.280. The molecule has 15 heavy (non-hydrogen) atoms. The molecule has 0 saturated carbocycles. The molecule has 0 atom stereocenters. The Morgan fingerprint density at radius 2 is 2.07 bits per heavy atom. The first-order chi connectivity index (χ1) is 7.02. The van der Waals surface area contributed by atoms with Crippen molar-refractivity contribution in [3.05, 3.63) is 29.8 Å². The van der Waals surface area contributed by atoms with Crippen molar-refractivity contribution < 1.29 is 9.47 Å².